The molecule has 1 atom stereocenters. The number of phenolic OH excluding ortho intramolecular Hbond substituents is 2. The minimum absolute atomic E-state index is 0.0995. The predicted molar refractivity (Wildman–Crippen MR) is 77.9 cm³/mol. The Bertz CT molecular complexity index is 652. The van der Waals surface area contributed by atoms with Crippen LogP contribution in [-0.2, 0) is 0 Å². The average molecular weight is 337 g/mol. The van der Waals surface area contributed by atoms with Crippen LogP contribution in [-0.4, -0.2) is 16.8 Å². The smallest absolute Gasteiger partial charge is 0.172 e. The van der Waals surface area contributed by atoms with Crippen molar-refractivity contribution in [3.05, 3.63) is 40.4 Å². The van der Waals surface area contributed by atoms with Crippen LogP contribution >= 0.6 is 15.9 Å². The van der Waals surface area contributed by atoms with Crippen molar-refractivity contribution in [1.82, 2.24) is 0 Å². The Balaban J connectivity index is 2.04. The van der Waals surface area contributed by atoms with Crippen molar-refractivity contribution in [2.75, 3.05) is 6.61 Å². The van der Waals surface area contributed by atoms with Gasteiger partial charge in [0, 0.05) is 11.5 Å². The topological polar surface area (TPSA) is 58.9 Å². The Labute approximate surface area is 124 Å². The molecule has 0 radical (unpaired) electrons. The van der Waals surface area contributed by atoms with Gasteiger partial charge in [-0.3, -0.25) is 0 Å². The van der Waals surface area contributed by atoms with Gasteiger partial charge in [-0.1, -0.05) is 6.92 Å². The van der Waals surface area contributed by atoms with Gasteiger partial charge < -0.3 is 19.7 Å². The van der Waals surface area contributed by atoms with E-state index < -0.39 is 0 Å². The quantitative estimate of drug-likeness (QED) is 0.864. The van der Waals surface area contributed by atoms with Crippen molar-refractivity contribution in [1.29, 1.82) is 0 Å². The van der Waals surface area contributed by atoms with Crippen LogP contribution in [0.5, 0.6) is 28.7 Å². The maximum atomic E-state index is 10.0. The molecule has 0 aliphatic carbocycles. The van der Waals surface area contributed by atoms with E-state index in [1.807, 2.05) is 6.92 Å². The van der Waals surface area contributed by atoms with Crippen LogP contribution in [0.15, 0.2) is 34.8 Å². The van der Waals surface area contributed by atoms with Gasteiger partial charge in [0.05, 0.1) is 11.1 Å². The maximum Gasteiger partial charge on any atom is 0.172 e. The first-order valence-corrected chi connectivity index (χ1v) is 7.00. The second-order valence-electron chi connectivity index (χ2n) is 4.76. The molecule has 20 heavy (non-hydrogen) atoms. The summed E-state index contributed by atoms with van der Waals surface area (Å²) >= 11 is 3.29. The van der Waals surface area contributed by atoms with Crippen LogP contribution < -0.4 is 9.47 Å². The molecule has 0 bridgehead atoms. The molecule has 5 heteroatoms. The third kappa shape index (κ3) is 2.18. The van der Waals surface area contributed by atoms with Gasteiger partial charge in [0.1, 0.15) is 17.2 Å². The minimum atomic E-state index is 0.0995. The van der Waals surface area contributed by atoms with Gasteiger partial charge >= 0.3 is 0 Å². The van der Waals surface area contributed by atoms with Crippen molar-refractivity contribution in [2.45, 2.75) is 12.8 Å². The highest BCUT2D eigenvalue weighted by Gasteiger charge is 2.29. The van der Waals surface area contributed by atoms with Gasteiger partial charge in [-0.15, -0.1) is 0 Å². The van der Waals surface area contributed by atoms with Crippen LogP contribution in [0.2, 0.25) is 0 Å². The second kappa shape index (κ2) is 4.90. The number of phenols is 2. The summed E-state index contributed by atoms with van der Waals surface area (Å²) in [7, 11) is 0. The van der Waals surface area contributed by atoms with Crippen LogP contribution in [0.3, 0.4) is 0 Å². The highest BCUT2D eigenvalue weighted by atomic mass is 79.9. The van der Waals surface area contributed by atoms with E-state index in [1.54, 1.807) is 30.3 Å². The summed E-state index contributed by atoms with van der Waals surface area (Å²) in [6.07, 6.45) is 0. The van der Waals surface area contributed by atoms with E-state index in [1.165, 1.54) is 0 Å². The number of rotatable bonds is 2. The SMILES string of the molecule is CC1COc2c(O)c(Br)cc(Oc3ccc(O)cc3)c21. The molecule has 2 N–H and O–H groups in total. The van der Waals surface area contributed by atoms with E-state index in [2.05, 4.69) is 15.9 Å². The number of halogens is 1. The molecule has 1 unspecified atom stereocenters. The lowest BCUT2D eigenvalue weighted by atomic mass is 10.0. The lowest BCUT2D eigenvalue weighted by Crippen LogP contribution is -1.95. The molecule has 0 saturated heterocycles. The van der Waals surface area contributed by atoms with Crippen LogP contribution in [0.25, 0.3) is 0 Å². The van der Waals surface area contributed by atoms with E-state index in [9.17, 15) is 10.2 Å². The minimum Gasteiger partial charge on any atom is -0.508 e. The van der Waals surface area contributed by atoms with Crippen LogP contribution in [0.1, 0.15) is 18.4 Å². The summed E-state index contributed by atoms with van der Waals surface area (Å²) in [5.41, 5.74) is 0.860. The van der Waals surface area contributed by atoms with E-state index in [0.29, 0.717) is 28.3 Å². The molecule has 104 valence electrons. The Morgan fingerprint density at radius 2 is 1.95 bits per heavy atom. The molecular weight excluding hydrogens is 324 g/mol. The fraction of sp³-hybridized carbons (Fsp3) is 0.200. The Kier molecular flexibility index (Phi) is 3.22. The fourth-order valence-corrected chi connectivity index (χ4v) is 2.63. The monoisotopic (exact) mass is 336 g/mol. The molecule has 0 fully saturated rings. The van der Waals surface area contributed by atoms with Crippen molar-refractivity contribution < 1.29 is 19.7 Å². The summed E-state index contributed by atoms with van der Waals surface area (Å²) in [6, 6.07) is 8.22. The van der Waals surface area contributed by atoms with E-state index in [4.69, 9.17) is 9.47 Å². The number of benzene rings is 2. The molecule has 0 amide bonds. The highest BCUT2D eigenvalue weighted by Crippen LogP contribution is 2.50. The lowest BCUT2D eigenvalue weighted by molar-refractivity contribution is 0.319. The number of hydrogen-bond acceptors (Lipinski definition) is 4. The Morgan fingerprint density at radius 1 is 1.25 bits per heavy atom. The highest BCUT2D eigenvalue weighted by molar-refractivity contribution is 9.10. The van der Waals surface area contributed by atoms with Gasteiger partial charge in [-0.05, 0) is 46.3 Å². The molecule has 1 aliphatic heterocycles. The number of aromatic hydroxyl groups is 2. The molecule has 1 aliphatic rings. The molecule has 0 spiro atoms. The molecule has 2 aromatic carbocycles. The van der Waals surface area contributed by atoms with Crippen molar-refractivity contribution in [3.63, 3.8) is 0 Å². The van der Waals surface area contributed by atoms with Gasteiger partial charge in [0.2, 0.25) is 0 Å². The third-order valence-electron chi connectivity index (χ3n) is 3.24. The van der Waals surface area contributed by atoms with Crippen molar-refractivity contribution in [2.24, 2.45) is 0 Å². The number of fused-ring (bicyclic) bond motifs is 1. The van der Waals surface area contributed by atoms with Gasteiger partial charge in [-0.25, -0.2) is 0 Å². The third-order valence-corrected chi connectivity index (χ3v) is 3.85. The Hall–Kier alpha value is -1.88. The van der Waals surface area contributed by atoms with Crippen molar-refractivity contribution >= 4 is 15.9 Å². The standard InChI is InChI=1S/C15H13BrO4/c1-8-7-19-15-13(8)12(6-11(16)14(15)18)20-10-4-2-9(17)3-5-10/h2-6,8,17-18H,7H2,1H3. The molecule has 3 rings (SSSR count). The second-order valence-corrected chi connectivity index (χ2v) is 5.61. The van der Waals surface area contributed by atoms with E-state index in [-0.39, 0.29) is 17.4 Å². The number of ether oxygens (including phenoxy) is 2. The number of hydrogen-bond donors (Lipinski definition) is 2. The van der Waals surface area contributed by atoms with Crippen LogP contribution in [0, 0.1) is 0 Å². The van der Waals surface area contributed by atoms with E-state index in [0.717, 1.165) is 5.56 Å². The van der Waals surface area contributed by atoms with E-state index >= 15 is 0 Å². The van der Waals surface area contributed by atoms with Gasteiger partial charge in [0.25, 0.3) is 0 Å². The average Bonchev–Trinajstić information content (AvgIpc) is 2.81. The summed E-state index contributed by atoms with van der Waals surface area (Å²) in [5.74, 6) is 2.16. The first-order valence-electron chi connectivity index (χ1n) is 6.21. The largest absolute Gasteiger partial charge is 0.508 e. The van der Waals surface area contributed by atoms with Crippen LogP contribution in [0.4, 0.5) is 0 Å². The summed E-state index contributed by atoms with van der Waals surface area (Å²) in [6.45, 7) is 2.54. The molecule has 0 aromatic heterocycles. The first kappa shape index (κ1) is 13.1. The molecule has 0 saturated carbocycles. The summed E-state index contributed by atoms with van der Waals surface area (Å²) < 4.78 is 11.9. The first-order chi connectivity index (χ1) is 9.56. The van der Waals surface area contributed by atoms with Gasteiger partial charge in [-0.2, -0.15) is 0 Å². The van der Waals surface area contributed by atoms with Crippen molar-refractivity contribution in [3.8, 4) is 28.7 Å². The predicted octanol–water partition coefficient (Wildman–Crippen LogP) is 4.15. The maximum absolute atomic E-state index is 10.0. The zero-order chi connectivity index (χ0) is 14.3. The zero-order valence-electron chi connectivity index (χ0n) is 10.8. The molecular formula is C15H13BrO4. The Morgan fingerprint density at radius 3 is 2.65 bits per heavy atom. The molecule has 1 heterocycles. The molecule has 2 aromatic rings. The lowest BCUT2D eigenvalue weighted by Gasteiger charge is -2.13. The summed E-state index contributed by atoms with van der Waals surface area (Å²) in [4.78, 5) is 0. The summed E-state index contributed by atoms with van der Waals surface area (Å²) in [5, 5.41) is 19.3. The van der Waals surface area contributed by atoms with Gasteiger partial charge in [0.15, 0.2) is 11.5 Å². The molecule has 4 nitrogen and oxygen atoms in total. The fourth-order valence-electron chi connectivity index (χ4n) is 2.24. The normalized spacial score (nSPS) is 16.6. The zero-order valence-corrected chi connectivity index (χ0v) is 12.3.